The van der Waals surface area contributed by atoms with E-state index in [9.17, 15) is 4.79 Å². The molecule has 0 heterocycles. The molecule has 0 saturated heterocycles. The van der Waals surface area contributed by atoms with Gasteiger partial charge in [-0.15, -0.1) is 0 Å². The molecule has 3 N–H and O–H groups in total. The fourth-order valence-corrected chi connectivity index (χ4v) is 2.18. The van der Waals surface area contributed by atoms with Gasteiger partial charge in [0.2, 0.25) is 0 Å². The number of nitrogens with two attached hydrogens (primary N) is 1. The van der Waals surface area contributed by atoms with E-state index in [4.69, 9.17) is 10.5 Å². The predicted molar refractivity (Wildman–Crippen MR) is 80.1 cm³/mol. The van der Waals surface area contributed by atoms with E-state index in [0.717, 1.165) is 12.8 Å². The van der Waals surface area contributed by atoms with Crippen LogP contribution in [0.4, 0.5) is 4.79 Å². The van der Waals surface area contributed by atoms with E-state index in [0.29, 0.717) is 13.1 Å². The highest BCUT2D eigenvalue weighted by Crippen LogP contribution is 2.35. The Hall–Kier alpha value is -0.770. The predicted octanol–water partition coefficient (Wildman–Crippen LogP) is 3.30. The zero-order valence-electron chi connectivity index (χ0n) is 13.7. The number of amides is 1. The largest absolute Gasteiger partial charge is 0.444 e. The zero-order valence-corrected chi connectivity index (χ0v) is 13.7. The Labute approximate surface area is 118 Å². The molecule has 0 aliphatic rings. The van der Waals surface area contributed by atoms with Crippen LogP contribution in [0.1, 0.15) is 61.3 Å². The zero-order chi connectivity index (χ0) is 15.3. The molecule has 114 valence electrons. The normalized spacial score (nSPS) is 15.8. The number of ether oxygens (including phenoxy) is 1. The third-order valence-electron chi connectivity index (χ3n) is 3.36. The second kappa shape index (κ2) is 6.60. The second-order valence-corrected chi connectivity index (χ2v) is 7.56. The summed E-state index contributed by atoms with van der Waals surface area (Å²) in [6.45, 7) is 15.5. The van der Waals surface area contributed by atoms with Gasteiger partial charge in [0.25, 0.3) is 0 Å². The molecule has 19 heavy (non-hydrogen) atoms. The van der Waals surface area contributed by atoms with Gasteiger partial charge in [0, 0.05) is 6.54 Å². The number of nitrogens with one attached hydrogen (secondary N) is 1. The number of rotatable bonds is 6. The third kappa shape index (κ3) is 8.09. The maximum absolute atomic E-state index is 11.7. The van der Waals surface area contributed by atoms with E-state index < -0.39 is 5.60 Å². The molecule has 4 nitrogen and oxygen atoms in total. The monoisotopic (exact) mass is 272 g/mol. The van der Waals surface area contributed by atoms with Crippen molar-refractivity contribution in [2.75, 3.05) is 13.1 Å². The van der Waals surface area contributed by atoms with E-state index in [2.05, 4.69) is 33.0 Å². The molecule has 0 aliphatic heterocycles. The third-order valence-corrected chi connectivity index (χ3v) is 3.36. The quantitative estimate of drug-likeness (QED) is 0.779. The molecule has 0 aromatic rings. The van der Waals surface area contributed by atoms with Crippen molar-refractivity contribution in [2.45, 2.75) is 66.9 Å². The summed E-state index contributed by atoms with van der Waals surface area (Å²) < 4.78 is 5.24. The smallest absolute Gasteiger partial charge is 0.407 e. The SMILES string of the molecule is CCC(C)(CN)CC(C)(C)CNC(=O)OC(C)(C)C. The van der Waals surface area contributed by atoms with Gasteiger partial charge in [-0.25, -0.2) is 4.79 Å². The average molecular weight is 272 g/mol. The molecule has 0 saturated carbocycles. The van der Waals surface area contributed by atoms with Gasteiger partial charge < -0.3 is 15.8 Å². The fraction of sp³-hybridized carbons (Fsp3) is 0.933. The molecule has 0 rings (SSSR count). The average Bonchev–Trinajstić information content (AvgIpc) is 2.24. The van der Waals surface area contributed by atoms with Crippen molar-refractivity contribution in [1.29, 1.82) is 0 Å². The van der Waals surface area contributed by atoms with Gasteiger partial charge in [-0.05, 0) is 51.0 Å². The van der Waals surface area contributed by atoms with Crippen LogP contribution in [0, 0.1) is 10.8 Å². The van der Waals surface area contributed by atoms with Crippen molar-refractivity contribution in [3.8, 4) is 0 Å². The maximum atomic E-state index is 11.7. The minimum absolute atomic E-state index is 0.00103. The molecular weight excluding hydrogens is 240 g/mol. The lowest BCUT2D eigenvalue weighted by Gasteiger charge is -2.36. The Morgan fingerprint density at radius 1 is 1.16 bits per heavy atom. The van der Waals surface area contributed by atoms with Crippen LogP contribution >= 0.6 is 0 Å². The summed E-state index contributed by atoms with van der Waals surface area (Å²) in [7, 11) is 0. The van der Waals surface area contributed by atoms with Gasteiger partial charge >= 0.3 is 6.09 Å². The Balaban J connectivity index is 4.35. The highest BCUT2D eigenvalue weighted by atomic mass is 16.6. The molecule has 0 spiro atoms. The van der Waals surface area contributed by atoms with Gasteiger partial charge in [0.1, 0.15) is 5.60 Å². The van der Waals surface area contributed by atoms with Crippen molar-refractivity contribution >= 4 is 6.09 Å². The van der Waals surface area contributed by atoms with Crippen molar-refractivity contribution < 1.29 is 9.53 Å². The van der Waals surface area contributed by atoms with E-state index in [1.54, 1.807) is 0 Å². The van der Waals surface area contributed by atoms with Crippen LogP contribution in [0.25, 0.3) is 0 Å². The number of carbonyl (C=O) groups excluding carboxylic acids is 1. The molecule has 4 heteroatoms. The minimum Gasteiger partial charge on any atom is -0.444 e. The Morgan fingerprint density at radius 3 is 2.05 bits per heavy atom. The number of carbonyl (C=O) groups is 1. The molecular formula is C15H32N2O2. The first-order valence-corrected chi connectivity index (χ1v) is 7.10. The molecule has 1 unspecified atom stereocenters. The molecule has 0 fully saturated rings. The number of alkyl carbamates (subject to hydrolysis) is 1. The first kappa shape index (κ1) is 18.2. The summed E-state index contributed by atoms with van der Waals surface area (Å²) >= 11 is 0. The lowest BCUT2D eigenvalue weighted by atomic mass is 9.72. The maximum Gasteiger partial charge on any atom is 0.407 e. The van der Waals surface area contributed by atoms with Crippen molar-refractivity contribution in [2.24, 2.45) is 16.6 Å². The summed E-state index contributed by atoms with van der Waals surface area (Å²) in [6.07, 6.45) is 1.66. The molecule has 0 aromatic heterocycles. The first-order chi connectivity index (χ1) is 8.43. The highest BCUT2D eigenvalue weighted by Gasteiger charge is 2.30. The van der Waals surface area contributed by atoms with Crippen molar-refractivity contribution in [3.05, 3.63) is 0 Å². The van der Waals surface area contributed by atoms with Gasteiger partial charge in [-0.3, -0.25) is 0 Å². The van der Waals surface area contributed by atoms with E-state index >= 15 is 0 Å². The molecule has 0 radical (unpaired) electrons. The Morgan fingerprint density at radius 2 is 1.68 bits per heavy atom. The summed E-state index contributed by atoms with van der Waals surface area (Å²) in [6, 6.07) is 0. The minimum atomic E-state index is -0.455. The van der Waals surface area contributed by atoms with Crippen LogP contribution in [0.3, 0.4) is 0 Å². The summed E-state index contributed by atoms with van der Waals surface area (Å²) in [5, 5.41) is 2.85. The van der Waals surface area contributed by atoms with Crippen LogP contribution in [0.5, 0.6) is 0 Å². The molecule has 0 aromatic carbocycles. The standard InChI is InChI=1S/C15H32N2O2/c1-8-15(7,10-16)9-14(5,6)11-17-12(18)19-13(2,3)4/h8-11,16H2,1-7H3,(H,17,18). The van der Waals surface area contributed by atoms with Crippen molar-refractivity contribution in [1.82, 2.24) is 5.32 Å². The molecule has 0 aliphatic carbocycles. The molecule has 1 amide bonds. The first-order valence-electron chi connectivity index (χ1n) is 7.10. The van der Waals surface area contributed by atoms with Crippen LogP contribution < -0.4 is 11.1 Å². The van der Waals surface area contributed by atoms with Crippen LogP contribution in [0.15, 0.2) is 0 Å². The number of hydrogen-bond acceptors (Lipinski definition) is 3. The Bertz CT molecular complexity index is 289. The molecule has 0 bridgehead atoms. The lowest BCUT2D eigenvalue weighted by molar-refractivity contribution is 0.0491. The van der Waals surface area contributed by atoms with Crippen LogP contribution in [0.2, 0.25) is 0 Å². The van der Waals surface area contributed by atoms with Crippen LogP contribution in [-0.2, 0) is 4.74 Å². The van der Waals surface area contributed by atoms with E-state index in [1.807, 2.05) is 20.8 Å². The van der Waals surface area contributed by atoms with Gasteiger partial charge in [-0.2, -0.15) is 0 Å². The summed E-state index contributed by atoms with van der Waals surface area (Å²) in [4.78, 5) is 11.7. The molecule has 1 atom stereocenters. The second-order valence-electron chi connectivity index (χ2n) is 7.56. The number of hydrogen-bond donors (Lipinski definition) is 2. The van der Waals surface area contributed by atoms with Crippen molar-refractivity contribution in [3.63, 3.8) is 0 Å². The van der Waals surface area contributed by atoms with E-state index in [1.165, 1.54) is 0 Å². The fourth-order valence-electron chi connectivity index (χ4n) is 2.18. The summed E-state index contributed by atoms with van der Waals surface area (Å²) in [5.41, 5.74) is 5.52. The van der Waals surface area contributed by atoms with Gasteiger partial charge in [0.15, 0.2) is 0 Å². The topological polar surface area (TPSA) is 64.3 Å². The van der Waals surface area contributed by atoms with Gasteiger partial charge in [-0.1, -0.05) is 27.7 Å². The Kier molecular flexibility index (Phi) is 6.33. The van der Waals surface area contributed by atoms with E-state index in [-0.39, 0.29) is 16.9 Å². The summed E-state index contributed by atoms with van der Waals surface area (Å²) in [5.74, 6) is 0. The highest BCUT2D eigenvalue weighted by molar-refractivity contribution is 5.67. The lowest BCUT2D eigenvalue weighted by Crippen LogP contribution is -2.41. The van der Waals surface area contributed by atoms with Crippen LogP contribution in [-0.4, -0.2) is 24.8 Å². The van der Waals surface area contributed by atoms with Gasteiger partial charge in [0.05, 0.1) is 0 Å².